The van der Waals surface area contributed by atoms with E-state index in [9.17, 15) is 13.2 Å². The van der Waals surface area contributed by atoms with Crippen LogP contribution in [0.2, 0.25) is 0 Å². The molecule has 0 spiro atoms. The minimum Gasteiger partial charge on any atom is -0.373 e. The zero-order valence-electron chi connectivity index (χ0n) is 12.3. The zero-order chi connectivity index (χ0) is 15.3. The molecule has 0 aliphatic heterocycles. The summed E-state index contributed by atoms with van der Waals surface area (Å²) in [5, 5.41) is 2.92. The van der Waals surface area contributed by atoms with Gasteiger partial charge in [0, 0.05) is 18.7 Å². The van der Waals surface area contributed by atoms with Crippen molar-refractivity contribution < 1.29 is 13.2 Å². The average Bonchev–Trinajstić information content (AvgIpc) is 2.35. The molecule has 20 heavy (non-hydrogen) atoms. The minimum absolute atomic E-state index is 0.299. The van der Waals surface area contributed by atoms with Crippen molar-refractivity contribution in [3.63, 3.8) is 0 Å². The predicted octanol–water partition coefficient (Wildman–Crippen LogP) is 3.25. The van der Waals surface area contributed by atoms with Crippen LogP contribution in [-0.2, 0) is 6.42 Å². The lowest BCUT2D eigenvalue weighted by Gasteiger charge is -2.30. The molecule has 0 aliphatic carbocycles. The summed E-state index contributed by atoms with van der Waals surface area (Å²) in [7, 11) is 1.70. The molecule has 1 aromatic rings. The molecule has 0 aliphatic rings. The van der Waals surface area contributed by atoms with Crippen molar-refractivity contribution in [1.29, 1.82) is 0 Å². The smallest absolute Gasteiger partial charge is 0.373 e. The molecule has 0 radical (unpaired) electrons. The normalized spacial score (nSPS) is 11.8. The molecule has 0 bridgehead atoms. The summed E-state index contributed by atoms with van der Waals surface area (Å²) in [4.78, 5) is 9.44. The van der Waals surface area contributed by atoms with E-state index in [1.54, 1.807) is 20.9 Å². The number of rotatable bonds is 6. The third-order valence-corrected chi connectivity index (χ3v) is 2.90. The van der Waals surface area contributed by atoms with Crippen LogP contribution in [0.15, 0.2) is 6.33 Å². The van der Waals surface area contributed by atoms with Crippen LogP contribution in [0.1, 0.15) is 32.8 Å². The molecular formula is C13H21F3N4. The molecule has 1 heterocycles. The van der Waals surface area contributed by atoms with Crippen LogP contribution in [-0.4, -0.2) is 35.8 Å². The first kappa shape index (κ1) is 16.5. The second kappa shape index (κ2) is 6.76. The monoisotopic (exact) mass is 290 g/mol. The summed E-state index contributed by atoms with van der Waals surface area (Å²) in [5.41, 5.74) is 0.732. The number of nitrogens with zero attached hydrogens (tertiary/aromatic N) is 3. The van der Waals surface area contributed by atoms with Gasteiger partial charge in [-0.05, 0) is 20.3 Å². The molecule has 0 aromatic carbocycles. The number of alkyl halides is 3. The summed E-state index contributed by atoms with van der Waals surface area (Å²) in [6.07, 6.45) is -1.52. The van der Waals surface area contributed by atoms with Gasteiger partial charge in [0.15, 0.2) is 0 Å². The van der Waals surface area contributed by atoms with Gasteiger partial charge >= 0.3 is 6.18 Å². The molecule has 1 rings (SSSR count). The van der Waals surface area contributed by atoms with Gasteiger partial charge in [0.25, 0.3) is 0 Å². The van der Waals surface area contributed by atoms with Crippen LogP contribution in [0.5, 0.6) is 0 Å². The number of hydrogen-bond donors (Lipinski definition) is 1. The van der Waals surface area contributed by atoms with Gasteiger partial charge in [-0.3, -0.25) is 0 Å². The Morgan fingerprint density at radius 1 is 1.30 bits per heavy atom. The van der Waals surface area contributed by atoms with Crippen molar-refractivity contribution in [3.8, 4) is 0 Å². The molecule has 114 valence electrons. The number of anilines is 2. The Morgan fingerprint density at radius 3 is 2.40 bits per heavy atom. The second-order valence-electron chi connectivity index (χ2n) is 4.86. The predicted molar refractivity (Wildman–Crippen MR) is 74.1 cm³/mol. The summed E-state index contributed by atoms with van der Waals surface area (Å²) < 4.78 is 38.3. The maximum absolute atomic E-state index is 12.8. The van der Waals surface area contributed by atoms with E-state index in [1.807, 2.05) is 6.92 Å². The van der Waals surface area contributed by atoms with Crippen molar-refractivity contribution in [2.45, 2.75) is 45.8 Å². The lowest BCUT2D eigenvalue weighted by atomic mass is 10.1. The van der Waals surface area contributed by atoms with Gasteiger partial charge in [0.1, 0.15) is 24.5 Å². The van der Waals surface area contributed by atoms with Gasteiger partial charge in [0.05, 0.1) is 0 Å². The first-order valence-corrected chi connectivity index (χ1v) is 6.65. The van der Waals surface area contributed by atoms with Gasteiger partial charge in [-0.25, -0.2) is 9.97 Å². The Hall–Kier alpha value is -1.53. The molecule has 0 atom stereocenters. The van der Waals surface area contributed by atoms with E-state index in [2.05, 4.69) is 15.3 Å². The van der Waals surface area contributed by atoms with Gasteiger partial charge < -0.3 is 10.2 Å². The SMILES string of the molecule is CCCc1c(NC)ncnc1N(CC(F)(F)F)C(C)C. The molecule has 0 amide bonds. The summed E-state index contributed by atoms with van der Waals surface area (Å²) in [5.74, 6) is 0.947. The van der Waals surface area contributed by atoms with E-state index in [-0.39, 0.29) is 6.04 Å². The van der Waals surface area contributed by atoms with Crippen molar-refractivity contribution in [2.24, 2.45) is 0 Å². The summed E-state index contributed by atoms with van der Waals surface area (Å²) >= 11 is 0. The molecule has 4 nitrogen and oxygen atoms in total. The largest absolute Gasteiger partial charge is 0.405 e. The quantitative estimate of drug-likeness (QED) is 0.873. The molecule has 0 fully saturated rings. The fourth-order valence-corrected chi connectivity index (χ4v) is 2.04. The number of aromatic nitrogens is 2. The Morgan fingerprint density at radius 2 is 1.95 bits per heavy atom. The third-order valence-electron chi connectivity index (χ3n) is 2.90. The molecule has 0 saturated carbocycles. The highest BCUT2D eigenvalue weighted by atomic mass is 19.4. The molecule has 1 aromatic heterocycles. The van der Waals surface area contributed by atoms with E-state index in [4.69, 9.17) is 0 Å². The fraction of sp³-hybridized carbons (Fsp3) is 0.692. The van der Waals surface area contributed by atoms with Gasteiger partial charge in [0.2, 0.25) is 0 Å². The number of hydrogen-bond acceptors (Lipinski definition) is 4. The minimum atomic E-state index is -4.27. The lowest BCUT2D eigenvalue weighted by Crippen LogP contribution is -2.40. The third kappa shape index (κ3) is 4.25. The number of nitrogens with one attached hydrogen (secondary N) is 1. The Bertz CT molecular complexity index is 432. The highest BCUT2D eigenvalue weighted by molar-refractivity contribution is 5.59. The van der Waals surface area contributed by atoms with Crippen LogP contribution in [0.25, 0.3) is 0 Å². The maximum Gasteiger partial charge on any atom is 0.405 e. The first-order valence-electron chi connectivity index (χ1n) is 6.65. The fourth-order valence-electron chi connectivity index (χ4n) is 2.04. The maximum atomic E-state index is 12.8. The number of halogens is 3. The standard InChI is InChI=1S/C13H21F3N4/c1-5-6-10-11(17-4)18-8-19-12(10)20(9(2)3)7-13(14,15)16/h8-9H,5-7H2,1-4H3,(H,17,18,19). The lowest BCUT2D eigenvalue weighted by molar-refractivity contribution is -0.120. The van der Waals surface area contributed by atoms with E-state index < -0.39 is 12.7 Å². The van der Waals surface area contributed by atoms with Crippen molar-refractivity contribution >= 4 is 11.6 Å². The highest BCUT2D eigenvalue weighted by Gasteiger charge is 2.33. The van der Waals surface area contributed by atoms with Crippen LogP contribution in [0.4, 0.5) is 24.8 Å². The van der Waals surface area contributed by atoms with Gasteiger partial charge in [-0.1, -0.05) is 13.3 Å². The topological polar surface area (TPSA) is 41.1 Å². The summed E-state index contributed by atoms with van der Waals surface area (Å²) in [6.45, 7) is 4.41. The van der Waals surface area contributed by atoms with E-state index in [1.165, 1.54) is 11.2 Å². The van der Waals surface area contributed by atoms with Crippen LogP contribution < -0.4 is 10.2 Å². The Balaban J connectivity index is 3.25. The molecule has 0 unspecified atom stereocenters. The van der Waals surface area contributed by atoms with Crippen molar-refractivity contribution in [1.82, 2.24) is 9.97 Å². The highest BCUT2D eigenvalue weighted by Crippen LogP contribution is 2.29. The van der Waals surface area contributed by atoms with E-state index >= 15 is 0 Å². The van der Waals surface area contributed by atoms with Gasteiger partial charge in [-0.15, -0.1) is 0 Å². The zero-order valence-corrected chi connectivity index (χ0v) is 12.3. The van der Waals surface area contributed by atoms with Crippen LogP contribution in [0.3, 0.4) is 0 Å². The average molecular weight is 290 g/mol. The Labute approximate surface area is 117 Å². The summed E-state index contributed by atoms with van der Waals surface area (Å²) in [6, 6.07) is -0.299. The van der Waals surface area contributed by atoms with Crippen molar-refractivity contribution in [3.05, 3.63) is 11.9 Å². The Kier molecular flexibility index (Phi) is 5.59. The van der Waals surface area contributed by atoms with E-state index in [0.717, 1.165) is 12.0 Å². The molecule has 0 saturated heterocycles. The van der Waals surface area contributed by atoms with Crippen LogP contribution >= 0.6 is 0 Å². The molecule has 7 heteroatoms. The molecular weight excluding hydrogens is 269 g/mol. The molecule has 1 N–H and O–H groups in total. The van der Waals surface area contributed by atoms with Gasteiger partial charge in [-0.2, -0.15) is 13.2 Å². The second-order valence-corrected chi connectivity index (χ2v) is 4.86. The van der Waals surface area contributed by atoms with E-state index in [0.29, 0.717) is 18.1 Å². The van der Waals surface area contributed by atoms with Crippen LogP contribution in [0, 0.1) is 0 Å². The first-order chi connectivity index (χ1) is 9.30. The van der Waals surface area contributed by atoms with Crippen molar-refractivity contribution in [2.75, 3.05) is 23.8 Å².